The first-order valence-electron chi connectivity index (χ1n) is 5.93. The third kappa shape index (κ3) is 2.95. The summed E-state index contributed by atoms with van der Waals surface area (Å²) in [5.74, 6) is 0.545. The third-order valence-electron chi connectivity index (χ3n) is 2.89. The average molecular weight is 223 g/mol. The second kappa shape index (κ2) is 5.30. The van der Waals surface area contributed by atoms with Crippen molar-refractivity contribution in [1.82, 2.24) is 5.32 Å². The van der Waals surface area contributed by atoms with Crippen LogP contribution in [0.15, 0.2) is 24.3 Å². The van der Waals surface area contributed by atoms with Gasteiger partial charge >= 0.3 is 0 Å². The summed E-state index contributed by atoms with van der Waals surface area (Å²) < 4.78 is 18.4. The van der Waals surface area contributed by atoms with Crippen LogP contribution in [0.4, 0.5) is 4.39 Å². The minimum absolute atomic E-state index is 0.219. The van der Waals surface area contributed by atoms with Gasteiger partial charge in [-0.05, 0) is 50.1 Å². The molecule has 0 amide bonds. The Morgan fingerprint density at radius 3 is 2.62 bits per heavy atom. The highest BCUT2D eigenvalue weighted by atomic mass is 19.1. The average Bonchev–Trinajstić information content (AvgIpc) is 2.24. The third-order valence-corrected chi connectivity index (χ3v) is 2.89. The molecule has 0 aromatic heterocycles. The van der Waals surface area contributed by atoms with Gasteiger partial charge in [-0.25, -0.2) is 4.39 Å². The summed E-state index contributed by atoms with van der Waals surface area (Å²) in [5, 5.41) is 3.45. The van der Waals surface area contributed by atoms with E-state index >= 15 is 0 Å². The first-order valence-corrected chi connectivity index (χ1v) is 5.93. The Balaban J connectivity index is 1.71. The predicted molar refractivity (Wildman–Crippen MR) is 62.1 cm³/mol. The van der Waals surface area contributed by atoms with Crippen molar-refractivity contribution in [1.29, 1.82) is 0 Å². The highest BCUT2D eigenvalue weighted by Gasteiger charge is 2.29. The summed E-state index contributed by atoms with van der Waals surface area (Å²) in [6, 6.07) is 6.83. The first-order chi connectivity index (χ1) is 7.78. The molecular weight excluding hydrogens is 205 g/mol. The van der Waals surface area contributed by atoms with Gasteiger partial charge in [0.15, 0.2) is 0 Å². The molecule has 0 spiro atoms. The van der Waals surface area contributed by atoms with E-state index in [1.54, 1.807) is 12.1 Å². The standard InChI is InChI=1S/C13H18FNO/c1-2-7-15-11-8-13(9-11)16-12-5-3-10(14)4-6-12/h3-6,11,13,15H,2,7-9H2,1H3. The lowest BCUT2D eigenvalue weighted by Gasteiger charge is -2.36. The van der Waals surface area contributed by atoms with Gasteiger partial charge in [-0.3, -0.25) is 0 Å². The van der Waals surface area contributed by atoms with Crippen LogP contribution in [0, 0.1) is 5.82 Å². The molecule has 0 unspecified atom stereocenters. The van der Waals surface area contributed by atoms with Crippen molar-refractivity contribution in [3.8, 4) is 5.75 Å². The highest BCUT2D eigenvalue weighted by molar-refractivity contribution is 5.22. The number of hydrogen-bond donors (Lipinski definition) is 1. The normalized spacial score (nSPS) is 23.9. The Bertz CT molecular complexity index is 319. The zero-order valence-electron chi connectivity index (χ0n) is 9.58. The second-order valence-corrected chi connectivity index (χ2v) is 4.32. The summed E-state index contributed by atoms with van der Waals surface area (Å²) in [4.78, 5) is 0. The van der Waals surface area contributed by atoms with Gasteiger partial charge in [-0.2, -0.15) is 0 Å². The number of benzene rings is 1. The molecule has 88 valence electrons. The van der Waals surface area contributed by atoms with Crippen LogP contribution < -0.4 is 10.1 Å². The lowest BCUT2D eigenvalue weighted by Crippen LogP contribution is -2.46. The lowest BCUT2D eigenvalue weighted by atomic mass is 9.89. The Morgan fingerprint density at radius 1 is 1.31 bits per heavy atom. The Labute approximate surface area is 95.8 Å². The summed E-state index contributed by atoms with van der Waals surface area (Å²) in [6.45, 7) is 3.24. The van der Waals surface area contributed by atoms with Crippen molar-refractivity contribution < 1.29 is 9.13 Å². The largest absolute Gasteiger partial charge is 0.490 e. The van der Waals surface area contributed by atoms with Crippen LogP contribution in [0.5, 0.6) is 5.75 Å². The summed E-state index contributed by atoms with van der Waals surface area (Å²) in [6.07, 6.45) is 3.56. The number of ether oxygens (including phenoxy) is 1. The van der Waals surface area contributed by atoms with Gasteiger partial charge in [0, 0.05) is 6.04 Å². The molecule has 0 atom stereocenters. The molecule has 2 nitrogen and oxygen atoms in total. The molecular formula is C13H18FNO. The molecule has 1 N–H and O–H groups in total. The monoisotopic (exact) mass is 223 g/mol. The number of hydrogen-bond acceptors (Lipinski definition) is 2. The Morgan fingerprint density at radius 2 is 2.00 bits per heavy atom. The van der Waals surface area contributed by atoms with Crippen molar-refractivity contribution in [2.45, 2.75) is 38.3 Å². The molecule has 1 aliphatic carbocycles. The Hall–Kier alpha value is -1.09. The molecule has 0 bridgehead atoms. The molecule has 1 aliphatic rings. The molecule has 1 aromatic rings. The summed E-state index contributed by atoms with van der Waals surface area (Å²) >= 11 is 0. The van der Waals surface area contributed by atoms with Crippen LogP contribution in [-0.4, -0.2) is 18.7 Å². The van der Waals surface area contributed by atoms with Crippen molar-refractivity contribution >= 4 is 0 Å². The van der Waals surface area contributed by atoms with Crippen LogP contribution in [-0.2, 0) is 0 Å². The molecule has 1 fully saturated rings. The van der Waals surface area contributed by atoms with Crippen molar-refractivity contribution in [2.75, 3.05) is 6.54 Å². The molecule has 1 saturated carbocycles. The fourth-order valence-electron chi connectivity index (χ4n) is 1.88. The minimum atomic E-state index is -0.219. The zero-order chi connectivity index (χ0) is 11.4. The van der Waals surface area contributed by atoms with Crippen molar-refractivity contribution in [2.24, 2.45) is 0 Å². The number of rotatable bonds is 5. The summed E-state index contributed by atoms with van der Waals surface area (Å²) in [5.41, 5.74) is 0. The SMILES string of the molecule is CCCNC1CC(Oc2ccc(F)cc2)C1. The van der Waals surface area contributed by atoms with Gasteiger partial charge in [0.05, 0.1) is 0 Å². The van der Waals surface area contributed by atoms with Gasteiger partial charge in [0.2, 0.25) is 0 Å². The van der Waals surface area contributed by atoms with Crippen molar-refractivity contribution in [3.63, 3.8) is 0 Å². The maximum Gasteiger partial charge on any atom is 0.123 e. The molecule has 1 aromatic carbocycles. The molecule has 0 radical (unpaired) electrons. The Kier molecular flexibility index (Phi) is 3.78. The quantitative estimate of drug-likeness (QED) is 0.828. The number of nitrogens with one attached hydrogen (secondary N) is 1. The van der Waals surface area contributed by atoms with E-state index in [0.717, 1.165) is 25.1 Å². The smallest absolute Gasteiger partial charge is 0.123 e. The maximum atomic E-state index is 12.7. The van der Waals surface area contributed by atoms with Gasteiger partial charge in [0.1, 0.15) is 17.7 Å². The van der Waals surface area contributed by atoms with Crippen molar-refractivity contribution in [3.05, 3.63) is 30.1 Å². The number of halogens is 1. The van der Waals surface area contributed by atoms with Gasteiger partial charge in [-0.1, -0.05) is 6.92 Å². The van der Waals surface area contributed by atoms with E-state index in [4.69, 9.17) is 4.74 Å². The topological polar surface area (TPSA) is 21.3 Å². The minimum Gasteiger partial charge on any atom is -0.490 e. The highest BCUT2D eigenvalue weighted by Crippen LogP contribution is 2.25. The molecule has 16 heavy (non-hydrogen) atoms. The lowest BCUT2D eigenvalue weighted by molar-refractivity contribution is 0.0852. The van der Waals surface area contributed by atoms with Gasteiger partial charge in [-0.15, -0.1) is 0 Å². The van der Waals surface area contributed by atoms with E-state index < -0.39 is 0 Å². The van der Waals surface area contributed by atoms with Gasteiger partial charge < -0.3 is 10.1 Å². The van der Waals surface area contributed by atoms with E-state index in [1.807, 2.05) is 0 Å². The van der Waals surface area contributed by atoms with E-state index in [2.05, 4.69) is 12.2 Å². The van der Waals surface area contributed by atoms with Crippen LogP contribution in [0.3, 0.4) is 0 Å². The van der Waals surface area contributed by atoms with E-state index in [1.165, 1.54) is 18.6 Å². The molecule has 2 rings (SSSR count). The molecule has 0 saturated heterocycles. The summed E-state index contributed by atoms with van der Waals surface area (Å²) in [7, 11) is 0. The maximum absolute atomic E-state index is 12.7. The molecule has 3 heteroatoms. The second-order valence-electron chi connectivity index (χ2n) is 4.32. The fraction of sp³-hybridized carbons (Fsp3) is 0.538. The van der Waals surface area contributed by atoms with Crippen LogP contribution in [0.1, 0.15) is 26.2 Å². The molecule has 0 aliphatic heterocycles. The zero-order valence-corrected chi connectivity index (χ0v) is 9.58. The van der Waals surface area contributed by atoms with E-state index in [9.17, 15) is 4.39 Å². The predicted octanol–water partition coefficient (Wildman–Crippen LogP) is 2.74. The van der Waals surface area contributed by atoms with Gasteiger partial charge in [0.25, 0.3) is 0 Å². The first kappa shape index (κ1) is 11.4. The van der Waals surface area contributed by atoms with Crippen LogP contribution >= 0.6 is 0 Å². The van der Waals surface area contributed by atoms with E-state index in [-0.39, 0.29) is 5.82 Å². The van der Waals surface area contributed by atoms with E-state index in [0.29, 0.717) is 12.1 Å². The molecule has 0 heterocycles. The van der Waals surface area contributed by atoms with Crippen LogP contribution in [0.2, 0.25) is 0 Å². The fourth-order valence-corrected chi connectivity index (χ4v) is 1.88. The van der Waals surface area contributed by atoms with Crippen LogP contribution in [0.25, 0.3) is 0 Å².